The molecule has 1 fully saturated rings. The van der Waals surface area contributed by atoms with E-state index in [9.17, 15) is 14.3 Å². The molecule has 5 nitrogen and oxygen atoms in total. The molecule has 1 unspecified atom stereocenters. The summed E-state index contributed by atoms with van der Waals surface area (Å²) in [4.78, 5) is 16.1. The largest absolute Gasteiger partial charge is 0.389 e. The van der Waals surface area contributed by atoms with E-state index >= 15 is 0 Å². The molecular formula is C17H25FN2O3. The number of hydrogen-bond donors (Lipinski definition) is 1. The van der Waals surface area contributed by atoms with Gasteiger partial charge in [-0.25, -0.2) is 4.39 Å². The van der Waals surface area contributed by atoms with Crippen molar-refractivity contribution < 1.29 is 19.0 Å². The summed E-state index contributed by atoms with van der Waals surface area (Å²) >= 11 is 0. The van der Waals surface area contributed by atoms with Crippen LogP contribution in [0.25, 0.3) is 0 Å². The molecule has 0 bridgehead atoms. The molecule has 1 aromatic rings. The highest BCUT2D eigenvalue weighted by Crippen LogP contribution is 2.10. The highest BCUT2D eigenvalue weighted by molar-refractivity contribution is 5.78. The Balaban J connectivity index is 1.75. The summed E-state index contributed by atoms with van der Waals surface area (Å²) in [5, 5.41) is 9.84. The van der Waals surface area contributed by atoms with Crippen LogP contribution in [0, 0.1) is 5.82 Å². The maximum Gasteiger partial charge on any atom is 0.227 e. The molecular weight excluding hydrogens is 299 g/mol. The van der Waals surface area contributed by atoms with E-state index in [1.165, 1.54) is 6.07 Å². The minimum absolute atomic E-state index is 0.0513. The molecule has 0 radical (unpaired) electrons. The summed E-state index contributed by atoms with van der Waals surface area (Å²) in [6, 6.07) is 6.38. The first-order valence-corrected chi connectivity index (χ1v) is 8.09. The highest BCUT2D eigenvalue weighted by Gasteiger charge is 2.23. The average molecular weight is 324 g/mol. The van der Waals surface area contributed by atoms with E-state index in [4.69, 9.17) is 4.74 Å². The van der Waals surface area contributed by atoms with Crippen molar-refractivity contribution >= 4 is 5.91 Å². The number of carbonyl (C=O) groups is 1. The van der Waals surface area contributed by atoms with Crippen LogP contribution in [-0.2, 0) is 16.0 Å². The van der Waals surface area contributed by atoms with Crippen molar-refractivity contribution in [2.45, 2.75) is 19.4 Å². The fourth-order valence-corrected chi connectivity index (χ4v) is 2.70. The Morgan fingerprint density at radius 2 is 2.00 bits per heavy atom. The molecule has 1 amide bonds. The molecule has 1 aliphatic rings. The van der Waals surface area contributed by atoms with Crippen LogP contribution in [0.15, 0.2) is 24.3 Å². The SMILES string of the molecule is CCOCC(O)CN1CCN(C(=O)Cc2ccccc2F)CC1. The molecule has 128 valence electrons. The topological polar surface area (TPSA) is 53.0 Å². The van der Waals surface area contributed by atoms with Crippen LogP contribution < -0.4 is 0 Å². The Bertz CT molecular complexity index is 504. The van der Waals surface area contributed by atoms with E-state index < -0.39 is 6.10 Å². The first-order chi connectivity index (χ1) is 11.1. The van der Waals surface area contributed by atoms with Gasteiger partial charge in [0.25, 0.3) is 0 Å². The van der Waals surface area contributed by atoms with Gasteiger partial charge in [0.2, 0.25) is 5.91 Å². The van der Waals surface area contributed by atoms with Crippen LogP contribution in [0.1, 0.15) is 12.5 Å². The lowest BCUT2D eigenvalue weighted by molar-refractivity contribution is -0.132. The molecule has 1 aromatic carbocycles. The van der Waals surface area contributed by atoms with Crippen molar-refractivity contribution in [2.24, 2.45) is 0 Å². The average Bonchev–Trinajstić information content (AvgIpc) is 2.55. The minimum atomic E-state index is -0.504. The van der Waals surface area contributed by atoms with Crippen LogP contribution in [0.4, 0.5) is 4.39 Å². The van der Waals surface area contributed by atoms with Crippen molar-refractivity contribution in [3.05, 3.63) is 35.6 Å². The fourth-order valence-electron chi connectivity index (χ4n) is 2.70. The number of benzene rings is 1. The number of carbonyl (C=O) groups excluding carboxylic acids is 1. The molecule has 0 saturated carbocycles. The Labute approximate surface area is 136 Å². The summed E-state index contributed by atoms with van der Waals surface area (Å²) in [6.45, 7) is 6.02. The molecule has 0 aromatic heterocycles. The van der Waals surface area contributed by atoms with Gasteiger partial charge in [-0.15, -0.1) is 0 Å². The summed E-state index contributed by atoms with van der Waals surface area (Å²) in [7, 11) is 0. The number of hydrogen-bond acceptors (Lipinski definition) is 4. The van der Waals surface area contributed by atoms with Crippen LogP contribution in [0.3, 0.4) is 0 Å². The minimum Gasteiger partial charge on any atom is -0.389 e. The van der Waals surface area contributed by atoms with Gasteiger partial charge in [-0.3, -0.25) is 9.69 Å². The quantitative estimate of drug-likeness (QED) is 0.810. The zero-order valence-electron chi connectivity index (χ0n) is 13.6. The Morgan fingerprint density at radius 1 is 1.30 bits per heavy atom. The van der Waals surface area contributed by atoms with Gasteiger partial charge >= 0.3 is 0 Å². The van der Waals surface area contributed by atoms with Gasteiger partial charge < -0.3 is 14.7 Å². The van der Waals surface area contributed by atoms with Crippen molar-refractivity contribution in [1.82, 2.24) is 9.80 Å². The van der Waals surface area contributed by atoms with Gasteiger partial charge in [0, 0.05) is 39.3 Å². The third kappa shape index (κ3) is 5.57. The second-order valence-corrected chi connectivity index (χ2v) is 5.76. The standard InChI is InChI=1S/C17H25FN2O3/c1-2-23-13-15(21)12-19-7-9-20(10-8-19)17(22)11-14-5-3-4-6-16(14)18/h3-6,15,21H,2,7-13H2,1H3. The maximum atomic E-state index is 13.6. The van der Waals surface area contributed by atoms with Gasteiger partial charge in [-0.1, -0.05) is 18.2 Å². The van der Waals surface area contributed by atoms with E-state index in [0.29, 0.717) is 51.5 Å². The van der Waals surface area contributed by atoms with E-state index in [0.717, 1.165) is 0 Å². The lowest BCUT2D eigenvalue weighted by atomic mass is 10.1. The maximum absolute atomic E-state index is 13.6. The number of aliphatic hydroxyl groups is 1. The van der Waals surface area contributed by atoms with E-state index in [2.05, 4.69) is 4.90 Å². The van der Waals surface area contributed by atoms with Crippen LogP contribution >= 0.6 is 0 Å². The van der Waals surface area contributed by atoms with Crippen LogP contribution in [-0.4, -0.2) is 72.9 Å². The summed E-state index contributed by atoms with van der Waals surface area (Å²) in [5.41, 5.74) is 0.437. The van der Waals surface area contributed by atoms with Crippen LogP contribution in [0.5, 0.6) is 0 Å². The predicted molar refractivity (Wildman–Crippen MR) is 85.6 cm³/mol. The number of rotatable bonds is 7. The second-order valence-electron chi connectivity index (χ2n) is 5.76. The normalized spacial score (nSPS) is 17.3. The predicted octanol–water partition coefficient (Wildman–Crippen LogP) is 0.910. The van der Waals surface area contributed by atoms with Crippen molar-refractivity contribution in [3.63, 3.8) is 0 Å². The second kappa shape index (κ2) is 8.96. The van der Waals surface area contributed by atoms with Gasteiger partial charge in [0.1, 0.15) is 5.82 Å². The van der Waals surface area contributed by atoms with Crippen molar-refractivity contribution in [3.8, 4) is 0 Å². The summed E-state index contributed by atoms with van der Waals surface area (Å²) in [5.74, 6) is -0.386. The van der Waals surface area contributed by atoms with Crippen molar-refractivity contribution in [1.29, 1.82) is 0 Å². The van der Waals surface area contributed by atoms with E-state index in [1.807, 2.05) is 6.92 Å². The summed E-state index contributed by atoms with van der Waals surface area (Å²) < 4.78 is 18.8. The number of piperazine rings is 1. The molecule has 1 atom stereocenters. The number of amides is 1. The Kier molecular flexibility index (Phi) is 6.95. The number of halogens is 1. The molecule has 0 spiro atoms. The fraction of sp³-hybridized carbons (Fsp3) is 0.588. The molecule has 1 heterocycles. The number of ether oxygens (including phenoxy) is 1. The van der Waals surface area contributed by atoms with Gasteiger partial charge in [0.05, 0.1) is 19.1 Å². The Morgan fingerprint density at radius 3 is 2.65 bits per heavy atom. The Hall–Kier alpha value is -1.50. The number of nitrogens with zero attached hydrogens (tertiary/aromatic N) is 2. The molecule has 1 N–H and O–H groups in total. The third-order valence-corrected chi connectivity index (χ3v) is 4.01. The molecule has 1 aliphatic heterocycles. The summed E-state index contributed by atoms with van der Waals surface area (Å²) in [6.07, 6.45) is -0.407. The smallest absolute Gasteiger partial charge is 0.227 e. The van der Waals surface area contributed by atoms with Gasteiger partial charge in [-0.2, -0.15) is 0 Å². The molecule has 23 heavy (non-hydrogen) atoms. The van der Waals surface area contributed by atoms with E-state index in [-0.39, 0.29) is 18.1 Å². The van der Waals surface area contributed by atoms with Crippen molar-refractivity contribution in [2.75, 3.05) is 45.9 Å². The van der Waals surface area contributed by atoms with Gasteiger partial charge in [0.15, 0.2) is 0 Å². The van der Waals surface area contributed by atoms with E-state index in [1.54, 1.807) is 23.1 Å². The molecule has 0 aliphatic carbocycles. The molecule has 2 rings (SSSR count). The number of β-amino-alcohol motifs (C(OH)–C–C–N with tert-alkyl or cyclic N) is 1. The zero-order chi connectivity index (χ0) is 16.7. The highest BCUT2D eigenvalue weighted by atomic mass is 19.1. The monoisotopic (exact) mass is 324 g/mol. The third-order valence-electron chi connectivity index (χ3n) is 4.01. The lowest BCUT2D eigenvalue weighted by Gasteiger charge is -2.35. The zero-order valence-corrected chi connectivity index (χ0v) is 13.6. The molecule has 1 saturated heterocycles. The molecule has 6 heteroatoms. The number of aliphatic hydroxyl groups excluding tert-OH is 1. The van der Waals surface area contributed by atoms with Crippen LogP contribution in [0.2, 0.25) is 0 Å². The lowest BCUT2D eigenvalue weighted by Crippen LogP contribution is -2.51. The first kappa shape index (κ1) is 17.8. The first-order valence-electron chi connectivity index (χ1n) is 8.09. The van der Waals surface area contributed by atoms with Gasteiger partial charge in [-0.05, 0) is 18.6 Å².